The SMILES string of the molecule is COCCCNC(=S)N(C)NC(=O)c1ccc2c(c1)C[C@@H](C)N2S(C)(=O)=O. The van der Waals surface area contributed by atoms with Crippen molar-refractivity contribution in [3.05, 3.63) is 29.3 Å². The molecule has 0 saturated heterocycles. The first-order valence-electron chi connectivity index (χ1n) is 8.59. The summed E-state index contributed by atoms with van der Waals surface area (Å²) in [4.78, 5) is 12.5. The molecule has 0 aromatic heterocycles. The van der Waals surface area contributed by atoms with Gasteiger partial charge in [-0.25, -0.2) is 8.42 Å². The minimum absolute atomic E-state index is 0.167. The molecule has 1 aliphatic heterocycles. The van der Waals surface area contributed by atoms with Gasteiger partial charge in [0.1, 0.15) is 0 Å². The van der Waals surface area contributed by atoms with Gasteiger partial charge in [-0.1, -0.05) is 0 Å². The van der Waals surface area contributed by atoms with Crippen LogP contribution in [0.3, 0.4) is 0 Å². The number of benzene rings is 1. The van der Waals surface area contributed by atoms with E-state index in [4.69, 9.17) is 17.0 Å². The molecule has 1 aliphatic rings. The number of ether oxygens (including phenoxy) is 1. The van der Waals surface area contributed by atoms with Crippen molar-refractivity contribution in [2.45, 2.75) is 25.8 Å². The third-order valence-electron chi connectivity index (χ3n) is 4.23. The first kappa shape index (κ1) is 21.4. The maximum atomic E-state index is 12.5. The summed E-state index contributed by atoms with van der Waals surface area (Å²) in [6.07, 6.45) is 2.56. The van der Waals surface area contributed by atoms with Crippen LogP contribution in [0.1, 0.15) is 29.3 Å². The molecule has 0 unspecified atom stereocenters. The lowest BCUT2D eigenvalue weighted by atomic mass is 10.1. The lowest BCUT2D eigenvalue weighted by Gasteiger charge is -2.23. The molecular formula is C17H26N4O4S2. The number of carbonyl (C=O) groups is 1. The molecule has 2 N–H and O–H groups in total. The number of sulfonamides is 1. The van der Waals surface area contributed by atoms with Crippen molar-refractivity contribution in [2.24, 2.45) is 0 Å². The average molecular weight is 415 g/mol. The third-order valence-corrected chi connectivity index (χ3v) is 5.92. The first-order chi connectivity index (χ1) is 12.6. The molecular weight excluding hydrogens is 388 g/mol. The van der Waals surface area contributed by atoms with Crippen molar-refractivity contribution in [1.29, 1.82) is 0 Å². The Hall–Kier alpha value is -1.91. The van der Waals surface area contributed by atoms with E-state index in [9.17, 15) is 13.2 Å². The number of thiocarbonyl (C=S) groups is 1. The summed E-state index contributed by atoms with van der Waals surface area (Å²) < 4.78 is 30.3. The van der Waals surface area contributed by atoms with Gasteiger partial charge >= 0.3 is 0 Å². The molecule has 1 aromatic carbocycles. The quantitative estimate of drug-likeness (QED) is 0.406. The van der Waals surface area contributed by atoms with Crippen LogP contribution >= 0.6 is 12.2 Å². The zero-order valence-electron chi connectivity index (χ0n) is 16.0. The number of anilines is 1. The Kier molecular flexibility index (Phi) is 7.01. The highest BCUT2D eigenvalue weighted by atomic mass is 32.2. The number of nitrogens with one attached hydrogen (secondary N) is 2. The van der Waals surface area contributed by atoms with Crippen molar-refractivity contribution in [3.63, 3.8) is 0 Å². The zero-order chi connectivity index (χ0) is 20.2. The predicted molar refractivity (Wildman–Crippen MR) is 109 cm³/mol. The fourth-order valence-corrected chi connectivity index (χ4v) is 4.46. The normalized spacial score (nSPS) is 16.0. The van der Waals surface area contributed by atoms with Crippen molar-refractivity contribution in [3.8, 4) is 0 Å². The second-order valence-corrected chi connectivity index (χ2v) is 8.78. The van der Waals surface area contributed by atoms with Gasteiger partial charge in [-0.2, -0.15) is 0 Å². The Bertz CT molecular complexity index is 813. The summed E-state index contributed by atoms with van der Waals surface area (Å²) >= 11 is 5.23. The zero-order valence-corrected chi connectivity index (χ0v) is 17.6. The average Bonchev–Trinajstić information content (AvgIpc) is 2.93. The number of hydrogen-bond donors (Lipinski definition) is 2. The highest BCUT2D eigenvalue weighted by molar-refractivity contribution is 7.92. The molecule has 0 bridgehead atoms. The molecule has 1 aromatic rings. The molecule has 27 heavy (non-hydrogen) atoms. The maximum absolute atomic E-state index is 12.5. The summed E-state index contributed by atoms with van der Waals surface area (Å²) in [5.41, 5.74) is 4.62. The number of nitrogens with zero attached hydrogens (tertiary/aromatic N) is 2. The van der Waals surface area contributed by atoms with E-state index < -0.39 is 10.0 Å². The minimum atomic E-state index is -3.35. The number of carbonyl (C=O) groups excluding carboxylic acids is 1. The van der Waals surface area contributed by atoms with Gasteiger partial charge in [-0.3, -0.25) is 19.5 Å². The van der Waals surface area contributed by atoms with Gasteiger partial charge in [0.15, 0.2) is 5.11 Å². The largest absolute Gasteiger partial charge is 0.385 e. The van der Waals surface area contributed by atoms with Gasteiger partial charge < -0.3 is 10.1 Å². The second-order valence-electron chi connectivity index (χ2n) is 6.53. The van der Waals surface area contributed by atoms with Gasteiger partial charge in [0, 0.05) is 38.9 Å². The highest BCUT2D eigenvalue weighted by Crippen LogP contribution is 2.34. The monoisotopic (exact) mass is 414 g/mol. The third kappa shape index (κ3) is 5.30. The van der Waals surface area contributed by atoms with Crippen LogP contribution in [0.25, 0.3) is 0 Å². The summed E-state index contributed by atoms with van der Waals surface area (Å²) in [6, 6.07) is 4.86. The van der Waals surface area contributed by atoms with E-state index in [-0.39, 0.29) is 11.9 Å². The summed E-state index contributed by atoms with van der Waals surface area (Å²) in [7, 11) is -0.0581. The minimum Gasteiger partial charge on any atom is -0.385 e. The number of fused-ring (bicyclic) bond motifs is 1. The molecule has 0 spiro atoms. The van der Waals surface area contributed by atoms with E-state index in [1.807, 2.05) is 6.92 Å². The van der Waals surface area contributed by atoms with Gasteiger partial charge in [-0.15, -0.1) is 0 Å². The van der Waals surface area contributed by atoms with Gasteiger partial charge in [0.2, 0.25) is 10.0 Å². The molecule has 1 heterocycles. The molecule has 1 atom stereocenters. The lowest BCUT2D eigenvalue weighted by Crippen LogP contribution is -2.48. The van der Waals surface area contributed by atoms with Crippen LogP contribution in [0.15, 0.2) is 18.2 Å². The molecule has 0 aliphatic carbocycles. The molecule has 8 nitrogen and oxygen atoms in total. The van der Waals surface area contributed by atoms with Crippen LogP contribution in [0.4, 0.5) is 5.69 Å². The standard InChI is InChI=1S/C17H26N4O4S2/c1-12-10-14-11-13(6-7-15(14)21(12)27(4,23)24)16(22)19-20(2)17(26)18-8-5-9-25-3/h6-7,11-12H,5,8-10H2,1-4H3,(H,18,26)(H,19,22)/t12-/m1/s1. The summed E-state index contributed by atoms with van der Waals surface area (Å²) in [5.74, 6) is -0.313. The molecule has 0 saturated carbocycles. The number of rotatable bonds is 6. The number of hydrogen-bond acceptors (Lipinski definition) is 5. The Morgan fingerprint density at radius 3 is 2.78 bits per heavy atom. The Labute approximate surface area is 165 Å². The van der Waals surface area contributed by atoms with Gasteiger partial charge in [0.05, 0.1) is 11.9 Å². The van der Waals surface area contributed by atoms with E-state index in [1.165, 1.54) is 15.6 Å². The van der Waals surface area contributed by atoms with Crippen molar-refractivity contribution < 1.29 is 17.9 Å². The Morgan fingerprint density at radius 2 is 2.15 bits per heavy atom. The van der Waals surface area contributed by atoms with Crippen molar-refractivity contribution in [1.82, 2.24) is 15.8 Å². The molecule has 10 heteroatoms. The maximum Gasteiger partial charge on any atom is 0.269 e. The lowest BCUT2D eigenvalue weighted by molar-refractivity contribution is 0.0886. The van der Waals surface area contributed by atoms with E-state index >= 15 is 0 Å². The van der Waals surface area contributed by atoms with E-state index in [1.54, 1.807) is 32.4 Å². The van der Waals surface area contributed by atoms with Crippen LogP contribution in [-0.4, -0.2) is 64.1 Å². The number of hydrazine groups is 1. The Morgan fingerprint density at radius 1 is 1.44 bits per heavy atom. The van der Waals surface area contributed by atoms with Gasteiger partial charge in [-0.05, 0) is 55.7 Å². The van der Waals surface area contributed by atoms with Gasteiger partial charge in [0.25, 0.3) is 5.91 Å². The molecule has 0 fully saturated rings. The highest BCUT2D eigenvalue weighted by Gasteiger charge is 2.32. The molecule has 2 rings (SSSR count). The Balaban J connectivity index is 2.02. The molecule has 1 amide bonds. The van der Waals surface area contributed by atoms with Crippen LogP contribution < -0.4 is 15.0 Å². The summed E-state index contributed by atoms with van der Waals surface area (Å²) in [6.45, 7) is 3.12. The number of methoxy groups -OCH3 is 1. The van der Waals surface area contributed by atoms with Crippen molar-refractivity contribution in [2.75, 3.05) is 37.9 Å². The topological polar surface area (TPSA) is 91.0 Å². The smallest absolute Gasteiger partial charge is 0.269 e. The second kappa shape index (κ2) is 8.85. The van der Waals surface area contributed by atoms with Crippen LogP contribution in [0.5, 0.6) is 0 Å². The van der Waals surface area contributed by atoms with E-state index in [0.717, 1.165) is 12.0 Å². The van der Waals surface area contributed by atoms with Crippen LogP contribution in [-0.2, 0) is 21.2 Å². The first-order valence-corrected chi connectivity index (χ1v) is 10.8. The van der Waals surface area contributed by atoms with E-state index in [0.29, 0.717) is 35.9 Å². The van der Waals surface area contributed by atoms with Crippen LogP contribution in [0.2, 0.25) is 0 Å². The molecule has 150 valence electrons. The number of amides is 1. The molecule has 0 radical (unpaired) electrons. The predicted octanol–water partition coefficient (Wildman–Crippen LogP) is 0.885. The summed E-state index contributed by atoms with van der Waals surface area (Å²) in [5, 5.41) is 4.88. The van der Waals surface area contributed by atoms with Crippen molar-refractivity contribution >= 4 is 38.9 Å². The fraction of sp³-hybridized carbons (Fsp3) is 0.529. The van der Waals surface area contributed by atoms with Crippen LogP contribution in [0, 0.1) is 0 Å². The van der Waals surface area contributed by atoms with E-state index in [2.05, 4.69) is 10.7 Å². The fourth-order valence-electron chi connectivity index (χ4n) is 3.05.